The van der Waals surface area contributed by atoms with E-state index in [1.54, 1.807) is 25.7 Å². The summed E-state index contributed by atoms with van der Waals surface area (Å²) in [5.74, 6) is 6.21. The van der Waals surface area contributed by atoms with Gasteiger partial charge in [-0.1, -0.05) is 31.1 Å². The number of hydrogen-bond acceptors (Lipinski definition) is 0. The first-order valence-corrected chi connectivity index (χ1v) is 11.5. The molecule has 0 nitrogen and oxygen atoms in total. The van der Waals surface area contributed by atoms with E-state index in [1.165, 1.54) is 64.2 Å². The molecule has 142 valence electrons. The molecule has 0 amide bonds. The van der Waals surface area contributed by atoms with E-state index in [-0.39, 0.29) is 0 Å². The molecular formula is C25H42. The van der Waals surface area contributed by atoms with Crippen LogP contribution in [-0.2, 0) is 0 Å². The summed E-state index contributed by atoms with van der Waals surface area (Å²) < 4.78 is 0. The Bertz CT molecular complexity index is 396. The van der Waals surface area contributed by atoms with Crippen molar-refractivity contribution < 1.29 is 0 Å². The minimum Gasteiger partial charge on any atom is -0.103 e. The van der Waals surface area contributed by atoms with Crippen LogP contribution < -0.4 is 0 Å². The lowest BCUT2D eigenvalue weighted by Crippen LogP contribution is -2.29. The summed E-state index contributed by atoms with van der Waals surface area (Å²) in [6.45, 7) is 6.07. The minimum atomic E-state index is 0.897. The molecule has 0 radical (unpaired) electrons. The van der Waals surface area contributed by atoms with E-state index in [1.807, 2.05) is 0 Å². The minimum absolute atomic E-state index is 0.897. The third kappa shape index (κ3) is 5.48. The summed E-state index contributed by atoms with van der Waals surface area (Å²) in [6, 6.07) is 0. The van der Waals surface area contributed by atoms with Crippen molar-refractivity contribution >= 4 is 0 Å². The molecule has 0 N–H and O–H groups in total. The molecule has 3 saturated carbocycles. The zero-order valence-corrected chi connectivity index (χ0v) is 16.8. The number of allylic oxidation sites excluding steroid dienone is 3. The second-order valence-corrected chi connectivity index (χ2v) is 9.52. The van der Waals surface area contributed by atoms with Crippen molar-refractivity contribution in [2.24, 2.45) is 35.5 Å². The predicted molar refractivity (Wildman–Crippen MR) is 111 cm³/mol. The number of hydrogen-bond donors (Lipinski definition) is 0. The maximum atomic E-state index is 3.89. The van der Waals surface area contributed by atoms with Crippen LogP contribution >= 0.6 is 0 Å². The van der Waals surface area contributed by atoms with E-state index < -0.39 is 0 Å². The molecule has 0 aromatic heterocycles. The van der Waals surface area contributed by atoms with Gasteiger partial charge in [0.25, 0.3) is 0 Å². The van der Waals surface area contributed by atoms with Crippen LogP contribution in [0.2, 0.25) is 0 Å². The zero-order valence-electron chi connectivity index (χ0n) is 16.8. The Kier molecular flexibility index (Phi) is 7.68. The molecule has 3 aliphatic carbocycles. The smallest absolute Gasteiger partial charge is 0.0233 e. The molecule has 0 heterocycles. The van der Waals surface area contributed by atoms with Crippen LogP contribution in [0.3, 0.4) is 0 Å². The molecule has 0 saturated heterocycles. The van der Waals surface area contributed by atoms with Crippen molar-refractivity contribution in [1.82, 2.24) is 0 Å². The van der Waals surface area contributed by atoms with Crippen LogP contribution in [0.15, 0.2) is 24.8 Å². The summed E-state index contributed by atoms with van der Waals surface area (Å²) in [5.41, 5.74) is 0. The first kappa shape index (κ1) is 19.2. The molecule has 3 aliphatic rings. The van der Waals surface area contributed by atoms with E-state index in [0.29, 0.717) is 0 Å². The molecule has 0 bridgehead atoms. The average molecular weight is 343 g/mol. The van der Waals surface area contributed by atoms with Crippen LogP contribution in [0.1, 0.15) is 96.8 Å². The quantitative estimate of drug-likeness (QED) is 0.430. The van der Waals surface area contributed by atoms with Crippen molar-refractivity contribution in [2.75, 3.05) is 0 Å². The first-order chi connectivity index (χ1) is 12.3. The first-order valence-electron chi connectivity index (χ1n) is 11.5. The fourth-order valence-electron chi connectivity index (χ4n) is 6.47. The third-order valence-corrected chi connectivity index (χ3v) is 8.10. The van der Waals surface area contributed by atoms with Gasteiger partial charge in [0.1, 0.15) is 0 Å². The van der Waals surface area contributed by atoms with Crippen LogP contribution in [0.5, 0.6) is 0 Å². The Hall–Kier alpha value is -0.520. The Morgan fingerprint density at radius 2 is 1.12 bits per heavy atom. The molecule has 0 aromatic rings. The van der Waals surface area contributed by atoms with E-state index in [4.69, 9.17) is 0 Å². The molecule has 25 heavy (non-hydrogen) atoms. The maximum absolute atomic E-state index is 3.89. The van der Waals surface area contributed by atoms with Gasteiger partial charge in [-0.2, -0.15) is 0 Å². The van der Waals surface area contributed by atoms with Gasteiger partial charge in [0.15, 0.2) is 0 Å². The highest BCUT2D eigenvalue weighted by atomic mass is 14.4. The van der Waals surface area contributed by atoms with Gasteiger partial charge < -0.3 is 0 Å². The Balaban J connectivity index is 1.36. The van der Waals surface area contributed by atoms with Crippen LogP contribution in [0.4, 0.5) is 0 Å². The molecule has 0 unspecified atom stereocenters. The monoisotopic (exact) mass is 342 g/mol. The molecule has 3 rings (SSSR count). The summed E-state index contributed by atoms with van der Waals surface area (Å²) in [5, 5.41) is 0. The van der Waals surface area contributed by atoms with Crippen LogP contribution in [-0.4, -0.2) is 0 Å². The molecular weight excluding hydrogens is 300 g/mol. The van der Waals surface area contributed by atoms with E-state index >= 15 is 0 Å². The lowest BCUT2D eigenvalue weighted by molar-refractivity contribution is 0.107. The lowest BCUT2D eigenvalue weighted by Gasteiger charge is -2.41. The summed E-state index contributed by atoms with van der Waals surface area (Å²) >= 11 is 0. The zero-order chi connectivity index (χ0) is 17.5. The van der Waals surface area contributed by atoms with Crippen molar-refractivity contribution in [1.29, 1.82) is 0 Å². The summed E-state index contributed by atoms with van der Waals surface area (Å²) in [6.07, 6.45) is 27.7. The SMILES string of the molecule is C=CCCC1CCC(C2CCC(C3CCC(C=CC)CC3)CC2)CC1. The van der Waals surface area contributed by atoms with Gasteiger partial charge in [-0.15, -0.1) is 6.58 Å². The van der Waals surface area contributed by atoms with E-state index in [2.05, 4.69) is 31.7 Å². The lowest BCUT2D eigenvalue weighted by atomic mass is 9.65. The van der Waals surface area contributed by atoms with Gasteiger partial charge in [0, 0.05) is 0 Å². The molecule has 0 atom stereocenters. The van der Waals surface area contributed by atoms with Crippen LogP contribution in [0.25, 0.3) is 0 Å². The fraction of sp³-hybridized carbons (Fsp3) is 0.840. The standard InChI is InChI=1S/C25H42/c1-3-5-7-21-10-14-23(15-11-21)25-18-16-24(17-19-25)22-12-8-20(6-4-2)9-13-22/h3-4,6,20-25H,1,5,7-19H2,2H3. The highest BCUT2D eigenvalue weighted by molar-refractivity contribution is 4.91. The second-order valence-electron chi connectivity index (χ2n) is 9.52. The fourth-order valence-corrected chi connectivity index (χ4v) is 6.47. The normalized spacial score (nSPS) is 40.2. The van der Waals surface area contributed by atoms with Gasteiger partial charge in [0.2, 0.25) is 0 Å². The van der Waals surface area contributed by atoms with Crippen LogP contribution in [0, 0.1) is 35.5 Å². The maximum Gasteiger partial charge on any atom is -0.0233 e. The van der Waals surface area contributed by atoms with Gasteiger partial charge in [-0.3, -0.25) is 0 Å². The second kappa shape index (κ2) is 9.98. The Morgan fingerprint density at radius 3 is 1.56 bits per heavy atom. The van der Waals surface area contributed by atoms with Gasteiger partial charge >= 0.3 is 0 Å². The van der Waals surface area contributed by atoms with Crippen molar-refractivity contribution in [2.45, 2.75) is 96.8 Å². The largest absolute Gasteiger partial charge is 0.103 e. The molecule has 0 heteroatoms. The number of rotatable bonds is 6. The highest BCUT2D eigenvalue weighted by Crippen LogP contribution is 2.46. The van der Waals surface area contributed by atoms with Gasteiger partial charge in [0.05, 0.1) is 0 Å². The third-order valence-electron chi connectivity index (χ3n) is 8.10. The van der Waals surface area contributed by atoms with Crippen molar-refractivity contribution in [3.8, 4) is 0 Å². The van der Waals surface area contributed by atoms with Gasteiger partial charge in [-0.25, -0.2) is 0 Å². The molecule has 3 fully saturated rings. The topological polar surface area (TPSA) is 0 Å². The highest BCUT2D eigenvalue weighted by Gasteiger charge is 2.34. The average Bonchev–Trinajstić information content (AvgIpc) is 2.68. The molecule has 0 aromatic carbocycles. The Labute approximate surface area is 157 Å². The van der Waals surface area contributed by atoms with Gasteiger partial charge in [-0.05, 0) is 119 Å². The molecule has 0 spiro atoms. The van der Waals surface area contributed by atoms with Crippen molar-refractivity contribution in [3.63, 3.8) is 0 Å². The predicted octanol–water partition coefficient (Wildman–Crippen LogP) is 7.95. The summed E-state index contributed by atoms with van der Waals surface area (Å²) in [7, 11) is 0. The Morgan fingerprint density at radius 1 is 0.680 bits per heavy atom. The van der Waals surface area contributed by atoms with Crippen molar-refractivity contribution in [3.05, 3.63) is 24.8 Å². The van der Waals surface area contributed by atoms with E-state index in [0.717, 1.165) is 35.5 Å². The van der Waals surface area contributed by atoms with E-state index in [9.17, 15) is 0 Å². The summed E-state index contributed by atoms with van der Waals surface area (Å²) in [4.78, 5) is 0. The molecule has 0 aliphatic heterocycles.